The molecule has 1 aromatic rings. The second kappa shape index (κ2) is 5.67. The van der Waals surface area contributed by atoms with Gasteiger partial charge >= 0.3 is 0 Å². The molecule has 1 N–H and O–H groups in total. The molecular formula is C13H16ClNO4. The van der Waals surface area contributed by atoms with Gasteiger partial charge < -0.3 is 19.5 Å². The van der Waals surface area contributed by atoms with E-state index in [4.69, 9.17) is 21.1 Å². The summed E-state index contributed by atoms with van der Waals surface area (Å²) in [5.41, 5.74) is 0.428. The highest BCUT2D eigenvalue weighted by Crippen LogP contribution is 2.36. The van der Waals surface area contributed by atoms with Gasteiger partial charge in [0.1, 0.15) is 0 Å². The van der Waals surface area contributed by atoms with Gasteiger partial charge in [0.15, 0.2) is 11.5 Å². The Morgan fingerprint density at radius 3 is 2.68 bits per heavy atom. The van der Waals surface area contributed by atoms with E-state index >= 15 is 0 Å². The normalized spacial score (nSPS) is 18.5. The van der Waals surface area contributed by atoms with Crippen molar-refractivity contribution in [2.75, 3.05) is 27.3 Å². The average molecular weight is 286 g/mol. The van der Waals surface area contributed by atoms with Crippen molar-refractivity contribution in [3.63, 3.8) is 0 Å². The molecular weight excluding hydrogens is 270 g/mol. The number of nitrogens with zero attached hydrogens (tertiary/aromatic N) is 1. The predicted octanol–water partition coefficient (Wildman–Crippen LogP) is 1.56. The van der Waals surface area contributed by atoms with Gasteiger partial charge in [-0.3, -0.25) is 4.79 Å². The molecule has 1 unspecified atom stereocenters. The number of likely N-dealkylation sites (tertiary alicyclic amines) is 1. The lowest BCUT2D eigenvalue weighted by atomic mass is 10.1. The van der Waals surface area contributed by atoms with Crippen molar-refractivity contribution in [2.24, 2.45) is 0 Å². The fourth-order valence-electron chi connectivity index (χ4n) is 2.15. The quantitative estimate of drug-likeness (QED) is 0.916. The maximum Gasteiger partial charge on any atom is 0.254 e. The van der Waals surface area contributed by atoms with Gasteiger partial charge in [-0.25, -0.2) is 0 Å². The van der Waals surface area contributed by atoms with Gasteiger partial charge in [-0.15, -0.1) is 0 Å². The van der Waals surface area contributed by atoms with E-state index in [0.717, 1.165) is 0 Å². The van der Waals surface area contributed by atoms with Crippen molar-refractivity contribution < 1.29 is 19.4 Å². The number of methoxy groups -OCH3 is 2. The van der Waals surface area contributed by atoms with Gasteiger partial charge in [0.25, 0.3) is 5.91 Å². The summed E-state index contributed by atoms with van der Waals surface area (Å²) >= 11 is 6.07. The van der Waals surface area contributed by atoms with Gasteiger partial charge in [-0.2, -0.15) is 0 Å². The van der Waals surface area contributed by atoms with Crippen molar-refractivity contribution in [1.82, 2.24) is 4.90 Å². The molecule has 104 valence electrons. The zero-order chi connectivity index (χ0) is 14.0. The molecule has 1 aromatic carbocycles. The molecule has 1 heterocycles. The minimum absolute atomic E-state index is 0.167. The molecule has 1 saturated heterocycles. The zero-order valence-electron chi connectivity index (χ0n) is 10.9. The van der Waals surface area contributed by atoms with Crippen molar-refractivity contribution in [1.29, 1.82) is 0 Å². The number of aliphatic hydroxyl groups excluding tert-OH is 1. The highest BCUT2D eigenvalue weighted by atomic mass is 35.5. The molecule has 0 bridgehead atoms. The molecule has 1 amide bonds. The largest absolute Gasteiger partial charge is 0.493 e. The molecule has 6 heteroatoms. The van der Waals surface area contributed by atoms with Gasteiger partial charge in [-0.05, 0) is 18.6 Å². The molecule has 1 aliphatic heterocycles. The van der Waals surface area contributed by atoms with E-state index in [1.165, 1.54) is 14.2 Å². The van der Waals surface area contributed by atoms with Crippen molar-refractivity contribution in [3.8, 4) is 11.5 Å². The first-order valence-electron chi connectivity index (χ1n) is 5.95. The van der Waals surface area contributed by atoms with Crippen molar-refractivity contribution in [3.05, 3.63) is 22.7 Å². The lowest BCUT2D eigenvalue weighted by Gasteiger charge is -2.17. The van der Waals surface area contributed by atoms with Crippen LogP contribution in [0.1, 0.15) is 16.8 Å². The summed E-state index contributed by atoms with van der Waals surface area (Å²) in [6, 6.07) is 3.15. The van der Waals surface area contributed by atoms with Crippen LogP contribution in [0.3, 0.4) is 0 Å². The fraction of sp³-hybridized carbons (Fsp3) is 0.462. The zero-order valence-corrected chi connectivity index (χ0v) is 11.6. The number of rotatable bonds is 3. The van der Waals surface area contributed by atoms with Crippen LogP contribution in [-0.2, 0) is 0 Å². The van der Waals surface area contributed by atoms with E-state index in [2.05, 4.69) is 0 Å². The van der Waals surface area contributed by atoms with Gasteiger partial charge in [0.05, 0.1) is 25.3 Å². The molecule has 1 atom stereocenters. The lowest BCUT2D eigenvalue weighted by molar-refractivity contribution is 0.0764. The Balaban J connectivity index is 2.30. The van der Waals surface area contributed by atoms with Crippen molar-refractivity contribution >= 4 is 17.5 Å². The van der Waals surface area contributed by atoms with Crippen LogP contribution in [-0.4, -0.2) is 49.3 Å². The molecule has 0 radical (unpaired) electrons. The Bertz CT molecular complexity index is 492. The Hall–Kier alpha value is -1.46. The number of hydrogen-bond acceptors (Lipinski definition) is 4. The maximum atomic E-state index is 12.3. The summed E-state index contributed by atoms with van der Waals surface area (Å²) in [5, 5.41) is 9.79. The Labute approximate surface area is 116 Å². The Morgan fingerprint density at radius 2 is 2.16 bits per heavy atom. The van der Waals surface area contributed by atoms with E-state index < -0.39 is 6.10 Å². The molecule has 0 aliphatic carbocycles. The molecule has 19 heavy (non-hydrogen) atoms. The highest BCUT2D eigenvalue weighted by molar-refractivity contribution is 6.32. The monoisotopic (exact) mass is 285 g/mol. The lowest BCUT2D eigenvalue weighted by Crippen LogP contribution is -2.29. The van der Waals surface area contributed by atoms with Crippen LogP contribution in [0.2, 0.25) is 5.02 Å². The van der Waals surface area contributed by atoms with Crippen LogP contribution in [0.5, 0.6) is 11.5 Å². The SMILES string of the molecule is COc1cc(C(=O)N2CCC(O)C2)cc(Cl)c1OC. The van der Waals surface area contributed by atoms with Crippen LogP contribution in [0.15, 0.2) is 12.1 Å². The second-order valence-corrected chi connectivity index (χ2v) is 4.79. The minimum atomic E-state index is -0.445. The first-order chi connectivity index (χ1) is 9.06. The van der Waals surface area contributed by atoms with E-state index in [0.29, 0.717) is 41.6 Å². The highest BCUT2D eigenvalue weighted by Gasteiger charge is 2.26. The smallest absolute Gasteiger partial charge is 0.254 e. The van der Waals surface area contributed by atoms with Gasteiger partial charge in [0, 0.05) is 18.7 Å². The van der Waals surface area contributed by atoms with Gasteiger partial charge in [-0.1, -0.05) is 11.6 Å². The summed E-state index contributed by atoms with van der Waals surface area (Å²) < 4.78 is 10.3. The Morgan fingerprint density at radius 1 is 1.42 bits per heavy atom. The number of ether oxygens (including phenoxy) is 2. The standard InChI is InChI=1S/C13H16ClNO4/c1-18-11-6-8(5-10(14)12(11)19-2)13(17)15-4-3-9(16)7-15/h5-6,9,16H,3-4,7H2,1-2H3. The number of carbonyl (C=O) groups is 1. The summed E-state index contributed by atoms with van der Waals surface area (Å²) in [4.78, 5) is 13.9. The second-order valence-electron chi connectivity index (χ2n) is 4.39. The number of carbonyl (C=O) groups excluding carboxylic acids is 1. The first kappa shape index (κ1) is 14.0. The van der Waals surface area contributed by atoms with Crippen LogP contribution < -0.4 is 9.47 Å². The minimum Gasteiger partial charge on any atom is -0.493 e. The number of hydrogen-bond donors (Lipinski definition) is 1. The molecule has 2 rings (SSSR count). The van der Waals surface area contributed by atoms with Crippen LogP contribution in [0.4, 0.5) is 0 Å². The summed E-state index contributed by atoms with van der Waals surface area (Å²) in [6.45, 7) is 0.900. The summed E-state index contributed by atoms with van der Waals surface area (Å²) in [5.74, 6) is 0.652. The summed E-state index contributed by atoms with van der Waals surface area (Å²) in [6.07, 6.45) is 0.159. The number of aliphatic hydroxyl groups is 1. The van der Waals surface area contributed by atoms with Crippen molar-refractivity contribution in [2.45, 2.75) is 12.5 Å². The molecule has 1 fully saturated rings. The number of amides is 1. The van der Waals surface area contributed by atoms with E-state index in [9.17, 15) is 9.90 Å². The average Bonchev–Trinajstić information content (AvgIpc) is 2.83. The molecule has 5 nitrogen and oxygen atoms in total. The maximum absolute atomic E-state index is 12.3. The molecule has 0 spiro atoms. The molecule has 1 aliphatic rings. The molecule has 0 aromatic heterocycles. The predicted molar refractivity (Wildman–Crippen MR) is 71.1 cm³/mol. The Kier molecular flexibility index (Phi) is 4.17. The third-order valence-electron chi connectivity index (χ3n) is 3.13. The van der Waals surface area contributed by atoms with Gasteiger partial charge in [0.2, 0.25) is 0 Å². The fourth-order valence-corrected chi connectivity index (χ4v) is 2.44. The van der Waals surface area contributed by atoms with E-state index in [1.807, 2.05) is 0 Å². The van der Waals surface area contributed by atoms with Crippen LogP contribution >= 0.6 is 11.6 Å². The first-order valence-corrected chi connectivity index (χ1v) is 6.33. The number of β-amino-alcohol motifs (C(OH)–C–C–N with tert-alkyl or cyclic N) is 1. The van der Waals surface area contributed by atoms with E-state index in [1.54, 1.807) is 17.0 Å². The third-order valence-corrected chi connectivity index (χ3v) is 3.41. The van der Waals surface area contributed by atoms with Crippen LogP contribution in [0.25, 0.3) is 0 Å². The molecule has 0 saturated carbocycles. The number of halogens is 1. The number of benzene rings is 1. The summed E-state index contributed by atoms with van der Waals surface area (Å²) in [7, 11) is 2.98. The van der Waals surface area contributed by atoms with Crippen LogP contribution in [0, 0.1) is 0 Å². The topological polar surface area (TPSA) is 59.0 Å². The van der Waals surface area contributed by atoms with E-state index in [-0.39, 0.29) is 5.91 Å². The third kappa shape index (κ3) is 2.77.